The number of hydrogen-bond acceptors (Lipinski definition) is 12. The molecule has 4 aromatic rings. The quantitative estimate of drug-likeness (QED) is 0.0691. The van der Waals surface area contributed by atoms with E-state index in [9.17, 15) is 19.2 Å². The molecule has 3 heterocycles. The van der Waals surface area contributed by atoms with E-state index in [-0.39, 0.29) is 29.8 Å². The maximum Gasteiger partial charge on any atom is 0.329 e. The summed E-state index contributed by atoms with van der Waals surface area (Å²) in [6.07, 6.45) is 7.80. The molecule has 6 rings (SSSR count). The van der Waals surface area contributed by atoms with Gasteiger partial charge < -0.3 is 34.5 Å². The Morgan fingerprint density at radius 3 is 2.36 bits per heavy atom. The molecule has 312 valence electrons. The number of rotatable bonds is 23. The van der Waals surface area contributed by atoms with Crippen LogP contribution >= 0.6 is 15.9 Å². The summed E-state index contributed by atoms with van der Waals surface area (Å²) in [5.74, 6) is 1.58. The molecule has 0 bridgehead atoms. The van der Waals surface area contributed by atoms with Crippen LogP contribution in [0.25, 0.3) is 11.0 Å². The number of ether oxygens (including phenoxy) is 4. The van der Waals surface area contributed by atoms with E-state index in [1.807, 2.05) is 54.4 Å². The van der Waals surface area contributed by atoms with Gasteiger partial charge >= 0.3 is 5.69 Å². The van der Waals surface area contributed by atoms with Gasteiger partial charge in [-0.05, 0) is 96.4 Å². The minimum absolute atomic E-state index is 0.209. The van der Waals surface area contributed by atoms with E-state index in [1.54, 1.807) is 17.8 Å². The van der Waals surface area contributed by atoms with Gasteiger partial charge in [-0.2, -0.15) is 4.98 Å². The molecule has 1 aliphatic heterocycles. The minimum atomic E-state index is -0.695. The molecule has 1 unspecified atom stereocenters. The van der Waals surface area contributed by atoms with Gasteiger partial charge in [0, 0.05) is 58.0 Å². The van der Waals surface area contributed by atoms with E-state index in [1.165, 1.54) is 4.57 Å². The fourth-order valence-corrected chi connectivity index (χ4v) is 7.18. The minimum Gasteiger partial charge on any atom is -0.491 e. The van der Waals surface area contributed by atoms with Crippen molar-refractivity contribution in [3.8, 4) is 5.75 Å². The molecular formula is C41H53BrN8O8. The topological polar surface area (TPSA) is 180 Å². The first-order valence-corrected chi connectivity index (χ1v) is 20.8. The molecule has 2 aromatic carbocycles. The van der Waals surface area contributed by atoms with Crippen molar-refractivity contribution in [3.63, 3.8) is 0 Å². The first kappa shape index (κ1) is 42.8. The Morgan fingerprint density at radius 1 is 0.931 bits per heavy atom. The monoisotopic (exact) mass is 864 g/mol. The third kappa shape index (κ3) is 11.6. The zero-order valence-corrected chi connectivity index (χ0v) is 34.8. The van der Waals surface area contributed by atoms with E-state index >= 15 is 0 Å². The lowest BCUT2D eigenvalue weighted by Gasteiger charge is -2.29. The predicted molar refractivity (Wildman–Crippen MR) is 222 cm³/mol. The third-order valence-electron chi connectivity index (χ3n) is 10.3. The Bertz CT molecular complexity index is 2070. The number of piperidine rings is 1. The Hall–Kier alpha value is -4.84. The summed E-state index contributed by atoms with van der Waals surface area (Å²) in [6.45, 7) is 4.63. The Morgan fingerprint density at radius 2 is 1.66 bits per heavy atom. The second-order valence-corrected chi connectivity index (χ2v) is 15.4. The number of fused-ring (bicyclic) bond motifs is 1. The lowest BCUT2D eigenvalue weighted by molar-refractivity contribution is -0.137. The van der Waals surface area contributed by atoms with Crippen LogP contribution in [0.2, 0.25) is 0 Å². The van der Waals surface area contributed by atoms with Gasteiger partial charge in [-0.1, -0.05) is 12.5 Å². The van der Waals surface area contributed by atoms with Crippen LogP contribution < -0.4 is 26.4 Å². The summed E-state index contributed by atoms with van der Waals surface area (Å²) >= 11 is 3.51. The van der Waals surface area contributed by atoms with Gasteiger partial charge in [-0.15, -0.1) is 0 Å². The van der Waals surface area contributed by atoms with Crippen LogP contribution in [-0.2, 0) is 42.1 Å². The van der Waals surface area contributed by atoms with E-state index in [0.717, 1.165) is 65.5 Å². The summed E-state index contributed by atoms with van der Waals surface area (Å²) in [5.41, 5.74) is 3.04. The van der Waals surface area contributed by atoms with E-state index < -0.39 is 11.9 Å². The van der Waals surface area contributed by atoms with Gasteiger partial charge in [0.15, 0.2) is 0 Å². The van der Waals surface area contributed by atoms with Crippen LogP contribution in [0.1, 0.15) is 56.6 Å². The van der Waals surface area contributed by atoms with Crippen LogP contribution in [-0.4, -0.2) is 108 Å². The molecule has 16 nitrogen and oxygen atoms in total. The van der Waals surface area contributed by atoms with Gasteiger partial charge in [0.1, 0.15) is 24.2 Å². The molecule has 2 aromatic heterocycles. The number of imidazole rings is 1. The van der Waals surface area contributed by atoms with Gasteiger partial charge in [0.05, 0.1) is 48.5 Å². The first-order valence-electron chi connectivity index (χ1n) is 20.0. The van der Waals surface area contributed by atoms with Gasteiger partial charge in [-0.25, -0.2) is 9.78 Å². The Balaban J connectivity index is 0.782. The zero-order chi connectivity index (χ0) is 40.9. The molecule has 1 atom stereocenters. The highest BCUT2D eigenvalue weighted by atomic mass is 79.9. The van der Waals surface area contributed by atoms with Crippen molar-refractivity contribution in [1.82, 2.24) is 29.3 Å². The summed E-state index contributed by atoms with van der Waals surface area (Å²) < 4.78 is 26.6. The highest BCUT2D eigenvalue weighted by Gasteiger charge is 2.31. The van der Waals surface area contributed by atoms with Crippen LogP contribution in [0.3, 0.4) is 0 Å². The number of benzene rings is 2. The number of nitrogens with zero attached hydrogens (tertiary/aromatic N) is 5. The average Bonchev–Trinajstić information content (AvgIpc) is 3.44. The van der Waals surface area contributed by atoms with Crippen LogP contribution in [0.5, 0.6) is 5.75 Å². The van der Waals surface area contributed by atoms with Crippen molar-refractivity contribution in [3.05, 3.63) is 69.2 Å². The fraction of sp³-hybridized carbons (Fsp3) is 0.512. The average molecular weight is 866 g/mol. The standard InChI is InChI=1S/C41H53BrN8O8/c1-48(39(53)29-7-3-8-29)18-5-17-43-37-32(42)27-44-40(47-37)45-30-10-12-31(13-11-30)58-25-24-57-23-22-56-21-20-55-19-4-6-28-9-14-33-35(26-28)49(2)41(54)50(33)34-15-16-36(51)46-38(34)52/h9-14,26-27,29,34H,3-8,15-25H2,1-2H3,(H,46,51,52)(H2,43,44,45,47). The van der Waals surface area contributed by atoms with E-state index in [2.05, 4.69) is 41.8 Å². The highest BCUT2D eigenvalue weighted by Crippen LogP contribution is 2.28. The number of aromatic nitrogens is 4. The van der Waals surface area contributed by atoms with Crippen molar-refractivity contribution < 1.29 is 33.3 Å². The molecule has 58 heavy (non-hydrogen) atoms. The fourth-order valence-electron chi connectivity index (χ4n) is 6.85. The lowest BCUT2D eigenvalue weighted by atomic mass is 9.84. The van der Waals surface area contributed by atoms with Crippen LogP contribution in [0.4, 0.5) is 17.5 Å². The summed E-state index contributed by atoms with van der Waals surface area (Å²) in [6, 6.07) is 12.7. The number of amides is 3. The second-order valence-electron chi connectivity index (χ2n) is 14.5. The molecule has 3 N–H and O–H groups in total. The number of halogens is 1. The number of carbonyl (C=O) groups is 3. The number of hydrogen-bond donors (Lipinski definition) is 3. The molecule has 1 saturated carbocycles. The Kier molecular flexibility index (Phi) is 15.7. The van der Waals surface area contributed by atoms with E-state index in [4.69, 9.17) is 18.9 Å². The van der Waals surface area contributed by atoms with E-state index in [0.29, 0.717) is 83.0 Å². The highest BCUT2D eigenvalue weighted by molar-refractivity contribution is 9.10. The maximum atomic E-state index is 13.0. The number of carbonyl (C=O) groups excluding carboxylic acids is 3. The molecule has 2 aliphatic rings. The van der Waals surface area contributed by atoms with Crippen molar-refractivity contribution in [2.24, 2.45) is 13.0 Å². The number of imide groups is 1. The molecule has 3 amide bonds. The van der Waals surface area contributed by atoms with Gasteiger partial charge in [0.2, 0.25) is 23.7 Å². The van der Waals surface area contributed by atoms with Crippen LogP contribution in [0, 0.1) is 5.92 Å². The van der Waals surface area contributed by atoms with Crippen molar-refractivity contribution in [2.45, 2.75) is 57.4 Å². The molecule has 0 spiro atoms. The first-order chi connectivity index (χ1) is 28.2. The van der Waals surface area contributed by atoms with Crippen LogP contribution in [0.15, 0.2) is 57.9 Å². The number of anilines is 3. The normalized spacial score (nSPS) is 15.6. The lowest BCUT2D eigenvalue weighted by Crippen LogP contribution is -2.44. The maximum absolute atomic E-state index is 13.0. The summed E-state index contributed by atoms with van der Waals surface area (Å²) in [4.78, 5) is 60.1. The smallest absolute Gasteiger partial charge is 0.329 e. The molecule has 0 radical (unpaired) electrons. The molecule has 1 aliphatic carbocycles. The molecule has 17 heteroatoms. The third-order valence-corrected chi connectivity index (χ3v) is 10.9. The molecular weight excluding hydrogens is 812 g/mol. The van der Waals surface area contributed by atoms with Gasteiger partial charge in [-0.3, -0.25) is 28.8 Å². The predicted octanol–water partition coefficient (Wildman–Crippen LogP) is 4.74. The molecule has 1 saturated heterocycles. The Labute approximate surface area is 346 Å². The number of nitrogens with one attached hydrogen (secondary N) is 3. The SMILES string of the molecule is CN(CCCNc1nc(Nc2ccc(OCCOCCOCCOCCCc3ccc4c(c3)n(C)c(=O)n4C3CCC(=O)NC3=O)cc2)ncc1Br)C(=O)C1CCC1. The van der Waals surface area contributed by atoms with Crippen molar-refractivity contribution in [2.75, 3.05) is 77.0 Å². The summed E-state index contributed by atoms with van der Waals surface area (Å²) in [5, 5.41) is 8.90. The van der Waals surface area contributed by atoms with Gasteiger partial charge in [0.25, 0.3) is 0 Å². The van der Waals surface area contributed by atoms with Crippen molar-refractivity contribution in [1.29, 1.82) is 0 Å². The van der Waals surface area contributed by atoms with Crippen molar-refractivity contribution >= 4 is 62.1 Å². The largest absolute Gasteiger partial charge is 0.491 e. The second kappa shape index (κ2) is 21.2. The molecule has 2 fully saturated rings. The zero-order valence-electron chi connectivity index (χ0n) is 33.2. The summed E-state index contributed by atoms with van der Waals surface area (Å²) in [7, 11) is 3.57. The number of aryl methyl sites for hydroxylation is 2.